The van der Waals surface area contributed by atoms with Gasteiger partial charge < -0.3 is 10.0 Å². The van der Waals surface area contributed by atoms with Gasteiger partial charge in [0.25, 0.3) is 5.95 Å². The molecule has 0 unspecified atom stereocenters. The Balaban J connectivity index is 2.13. The zero-order chi connectivity index (χ0) is 15.2. The topological polar surface area (TPSA) is 89.8 Å². The molecule has 0 atom stereocenters. The van der Waals surface area contributed by atoms with Crippen molar-refractivity contribution in [1.29, 1.82) is 0 Å². The summed E-state index contributed by atoms with van der Waals surface area (Å²) in [5, 5.41) is 25.1. The normalized spacial score (nSPS) is 11.2. The number of nitrogens with one attached hydrogen (secondary N) is 1. The van der Waals surface area contributed by atoms with Gasteiger partial charge in [0, 0.05) is 25.3 Å². The monoisotopic (exact) mass is 306 g/mol. The van der Waals surface area contributed by atoms with Crippen molar-refractivity contribution in [2.45, 2.75) is 18.5 Å². The minimum Gasteiger partial charge on any atom is -0.506 e. The second-order valence-corrected chi connectivity index (χ2v) is 5.21. The van der Waals surface area contributed by atoms with Crippen LogP contribution in [-0.2, 0) is 0 Å². The number of aromatic hydroxyl groups is 1. The number of hydrogen-bond acceptors (Lipinski definition) is 7. The molecule has 0 aliphatic rings. The molecule has 0 radical (unpaired) electrons. The van der Waals surface area contributed by atoms with Crippen LogP contribution >= 0.6 is 11.8 Å². The standard InChI is InChI=1S/C13H18N6OS/c1-4-7-19(2)9-5-6-10(11(20)8-9)15-16-12-14-13(21-3)18-17-12/h5-6,8,20H,4,7H2,1-3H3,(H,14,17,18). The number of thioether (sulfide) groups is 1. The van der Waals surface area contributed by atoms with Crippen LogP contribution < -0.4 is 4.90 Å². The summed E-state index contributed by atoms with van der Waals surface area (Å²) in [5.74, 6) is 0.398. The fourth-order valence-corrected chi connectivity index (χ4v) is 2.09. The second kappa shape index (κ2) is 7.07. The van der Waals surface area contributed by atoms with Gasteiger partial charge in [-0.1, -0.05) is 18.7 Å². The van der Waals surface area contributed by atoms with Crippen molar-refractivity contribution in [3.8, 4) is 5.75 Å². The molecule has 0 saturated carbocycles. The largest absolute Gasteiger partial charge is 0.506 e. The van der Waals surface area contributed by atoms with Gasteiger partial charge in [-0.2, -0.15) is 4.98 Å². The fourth-order valence-electron chi connectivity index (χ4n) is 1.77. The second-order valence-electron chi connectivity index (χ2n) is 4.44. The number of benzene rings is 1. The van der Waals surface area contributed by atoms with E-state index < -0.39 is 0 Å². The van der Waals surface area contributed by atoms with Gasteiger partial charge >= 0.3 is 0 Å². The van der Waals surface area contributed by atoms with Crippen LogP contribution in [0.1, 0.15) is 13.3 Å². The number of azo groups is 1. The molecule has 1 aromatic heterocycles. The van der Waals surface area contributed by atoms with Crippen molar-refractivity contribution in [2.75, 3.05) is 24.7 Å². The Morgan fingerprint density at radius 1 is 1.38 bits per heavy atom. The van der Waals surface area contributed by atoms with E-state index in [-0.39, 0.29) is 5.75 Å². The molecule has 0 spiro atoms. The summed E-state index contributed by atoms with van der Waals surface area (Å²) in [4.78, 5) is 6.16. The van der Waals surface area contributed by atoms with Crippen LogP contribution in [0, 0.1) is 0 Å². The number of hydrogen-bond donors (Lipinski definition) is 2. The summed E-state index contributed by atoms with van der Waals surface area (Å²) in [5.41, 5.74) is 1.34. The number of aromatic amines is 1. The third kappa shape index (κ3) is 3.94. The molecule has 0 amide bonds. The van der Waals surface area contributed by atoms with Crippen LogP contribution in [0.5, 0.6) is 5.75 Å². The number of nitrogens with zero attached hydrogens (tertiary/aromatic N) is 5. The van der Waals surface area contributed by atoms with E-state index in [4.69, 9.17) is 0 Å². The number of aromatic nitrogens is 3. The fraction of sp³-hybridized carbons (Fsp3) is 0.385. The van der Waals surface area contributed by atoms with Gasteiger partial charge in [0.1, 0.15) is 11.4 Å². The van der Waals surface area contributed by atoms with Crippen LogP contribution in [0.15, 0.2) is 33.6 Å². The van der Waals surface area contributed by atoms with E-state index in [9.17, 15) is 5.11 Å². The van der Waals surface area contributed by atoms with Crippen molar-refractivity contribution in [2.24, 2.45) is 10.2 Å². The Morgan fingerprint density at radius 2 is 2.19 bits per heavy atom. The number of rotatable bonds is 6. The zero-order valence-corrected chi connectivity index (χ0v) is 13.1. The smallest absolute Gasteiger partial charge is 0.265 e. The molecule has 0 bridgehead atoms. The van der Waals surface area contributed by atoms with Crippen LogP contribution in [0.25, 0.3) is 0 Å². The first-order chi connectivity index (χ1) is 10.1. The Hall–Kier alpha value is -2.09. The van der Waals surface area contributed by atoms with Crippen molar-refractivity contribution < 1.29 is 5.11 Å². The Bertz CT molecular complexity index is 627. The third-order valence-electron chi connectivity index (χ3n) is 2.85. The highest BCUT2D eigenvalue weighted by Gasteiger charge is 2.06. The lowest BCUT2D eigenvalue weighted by atomic mass is 10.2. The third-order valence-corrected chi connectivity index (χ3v) is 3.39. The van der Waals surface area contributed by atoms with E-state index in [1.165, 1.54) is 11.8 Å². The predicted octanol–water partition coefficient (Wildman–Crippen LogP) is 3.49. The molecule has 1 aromatic carbocycles. The first kappa shape index (κ1) is 15.3. The SMILES string of the molecule is CCCN(C)c1ccc(N=Nc2nc(SC)n[nH]2)c(O)c1. The maximum Gasteiger partial charge on any atom is 0.265 e. The van der Waals surface area contributed by atoms with E-state index in [1.807, 2.05) is 19.4 Å². The molecule has 112 valence electrons. The zero-order valence-electron chi connectivity index (χ0n) is 12.2. The molecule has 0 aliphatic heterocycles. The summed E-state index contributed by atoms with van der Waals surface area (Å²) >= 11 is 1.41. The Labute approximate surface area is 127 Å². The number of H-pyrrole nitrogens is 1. The van der Waals surface area contributed by atoms with Gasteiger partial charge in [-0.15, -0.1) is 15.3 Å². The van der Waals surface area contributed by atoms with E-state index >= 15 is 0 Å². The highest BCUT2D eigenvalue weighted by molar-refractivity contribution is 7.98. The van der Waals surface area contributed by atoms with Crippen LogP contribution in [-0.4, -0.2) is 40.1 Å². The molecule has 0 fully saturated rings. The molecule has 2 N–H and O–H groups in total. The quantitative estimate of drug-likeness (QED) is 0.630. The molecule has 7 nitrogen and oxygen atoms in total. The summed E-state index contributed by atoms with van der Waals surface area (Å²) in [6.07, 6.45) is 2.92. The first-order valence-electron chi connectivity index (χ1n) is 6.56. The molecule has 2 rings (SSSR count). The van der Waals surface area contributed by atoms with Gasteiger partial charge in [-0.3, -0.25) is 0 Å². The molecule has 2 aromatic rings. The van der Waals surface area contributed by atoms with E-state index in [0.29, 0.717) is 16.8 Å². The van der Waals surface area contributed by atoms with E-state index in [2.05, 4.69) is 37.2 Å². The summed E-state index contributed by atoms with van der Waals surface area (Å²) < 4.78 is 0. The summed E-state index contributed by atoms with van der Waals surface area (Å²) in [7, 11) is 1.98. The highest BCUT2D eigenvalue weighted by Crippen LogP contribution is 2.31. The van der Waals surface area contributed by atoms with Gasteiger partial charge in [0.2, 0.25) is 5.16 Å². The minimum absolute atomic E-state index is 0.0869. The van der Waals surface area contributed by atoms with Gasteiger partial charge in [-0.05, 0) is 24.8 Å². The van der Waals surface area contributed by atoms with Gasteiger partial charge in [0.15, 0.2) is 0 Å². The van der Waals surface area contributed by atoms with Crippen molar-refractivity contribution >= 4 is 29.1 Å². The average Bonchev–Trinajstić information content (AvgIpc) is 2.94. The highest BCUT2D eigenvalue weighted by atomic mass is 32.2. The maximum atomic E-state index is 10.0. The van der Waals surface area contributed by atoms with Crippen LogP contribution in [0.3, 0.4) is 0 Å². The van der Waals surface area contributed by atoms with Crippen LogP contribution in [0.2, 0.25) is 0 Å². The number of phenols is 1. The number of anilines is 1. The molecule has 0 aliphatic carbocycles. The molecular weight excluding hydrogens is 288 g/mol. The summed E-state index contributed by atoms with van der Waals surface area (Å²) in [6.45, 7) is 3.04. The molecule has 21 heavy (non-hydrogen) atoms. The lowest BCUT2D eigenvalue weighted by Gasteiger charge is -2.18. The molecule has 0 saturated heterocycles. The average molecular weight is 306 g/mol. The number of phenolic OH excluding ortho intramolecular Hbond substituents is 1. The first-order valence-corrected chi connectivity index (χ1v) is 7.78. The molecular formula is C13H18N6OS. The van der Waals surface area contributed by atoms with E-state index in [0.717, 1.165) is 18.7 Å². The lowest BCUT2D eigenvalue weighted by Crippen LogP contribution is -2.17. The van der Waals surface area contributed by atoms with Crippen LogP contribution in [0.4, 0.5) is 17.3 Å². The Kier molecular flexibility index (Phi) is 5.15. The van der Waals surface area contributed by atoms with Crippen molar-refractivity contribution in [3.63, 3.8) is 0 Å². The van der Waals surface area contributed by atoms with E-state index in [1.54, 1.807) is 12.1 Å². The molecule has 8 heteroatoms. The minimum atomic E-state index is 0.0869. The Morgan fingerprint density at radius 3 is 2.81 bits per heavy atom. The lowest BCUT2D eigenvalue weighted by molar-refractivity contribution is 0.476. The summed E-state index contributed by atoms with van der Waals surface area (Å²) in [6, 6.07) is 5.31. The maximum absolute atomic E-state index is 10.0. The van der Waals surface area contributed by atoms with Crippen molar-refractivity contribution in [1.82, 2.24) is 15.2 Å². The van der Waals surface area contributed by atoms with Gasteiger partial charge in [-0.25, -0.2) is 5.10 Å². The predicted molar refractivity (Wildman–Crippen MR) is 84.0 cm³/mol. The van der Waals surface area contributed by atoms with Crippen molar-refractivity contribution in [3.05, 3.63) is 18.2 Å². The van der Waals surface area contributed by atoms with Gasteiger partial charge in [0.05, 0.1) is 0 Å². The molecule has 1 heterocycles.